The third-order valence-electron chi connectivity index (χ3n) is 7.96. The SMILES string of the molecule is Cc1cc[nH]c1N(C)CCC[C@H](NC(=O)c1ccc(CNCc2ncc[nH]2)cc1)C(=O)NC(C)c1cccc2ccccc12. The topological polar surface area (TPSA) is 118 Å². The van der Waals surface area contributed by atoms with Crippen molar-refractivity contribution in [2.45, 2.75) is 51.9 Å². The van der Waals surface area contributed by atoms with E-state index in [2.05, 4.69) is 60.9 Å². The summed E-state index contributed by atoms with van der Waals surface area (Å²) in [6.07, 6.45) is 6.66. The first kappa shape index (κ1) is 30.6. The molecule has 5 N–H and O–H groups in total. The molecule has 44 heavy (non-hydrogen) atoms. The van der Waals surface area contributed by atoms with Crippen LogP contribution in [0.25, 0.3) is 10.8 Å². The Labute approximate surface area is 258 Å². The zero-order chi connectivity index (χ0) is 30.9. The van der Waals surface area contributed by atoms with Gasteiger partial charge in [-0.3, -0.25) is 9.59 Å². The number of benzene rings is 3. The van der Waals surface area contributed by atoms with E-state index in [1.54, 1.807) is 24.5 Å². The number of hydrogen-bond donors (Lipinski definition) is 5. The van der Waals surface area contributed by atoms with Crippen LogP contribution in [0.2, 0.25) is 0 Å². The standard InChI is InChI=1S/C35H41N7O2/c1-24-17-18-39-33(24)42(3)21-7-12-31(35(44)40-25(2)29-11-6-9-27-8-4-5-10-30(27)29)41-34(43)28-15-13-26(14-16-28)22-36-23-32-37-19-20-38-32/h4-6,8-11,13-20,25,31,36,39H,7,12,21-23H2,1-3H3,(H,37,38)(H,40,44)(H,41,43)/t25?,31-/m0/s1. The van der Waals surface area contributed by atoms with Gasteiger partial charge in [-0.25, -0.2) is 4.98 Å². The van der Waals surface area contributed by atoms with Crippen LogP contribution in [-0.2, 0) is 17.9 Å². The van der Waals surface area contributed by atoms with Gasteiger partial charge in [0.1, 0.15) is 17.7 Å². The molecule has 228 valence electrons. The Kier molecular flexibility index (Phi) is 10.1. The summed E-state index contributed by atoms with van der Waals surface area (Å²) < 4.78 is 0. The van der Waals surface area contributed by atoms with Crippen molar-refractivity contribution < 1.29 is 9.59 Å². The fourth-order valence-corrected chi connectivity index (χ4v) is 5.52. The lowest BCUT2D eigenvalue weighted by molar-refractivity contribution is -0.123. The number of nitrogens with zero attached hydrogens (tertiary/aromatic N) is 2. The summed E-state index contributed by atoms with van der Waals surface area (Å²) in [6, 6.07) is 22.8. The van der Waals surface area contributed by atoms with Gasteiger partial charge in [0.2, 0.25) is 5.91 Å². The van der Waals surface area contributed by atoms with E-state index in [-0.39, 0.29) is 17.9 Å². The van der Waals surface area contributed by atoms with Crippen LogP contribution in [0, 0.1) is 6.92 Å². The predicted molar refractivity (Wildman–Crippen MR) is 175 cm³/mol. The molecule has 0 fully saturated rings. The summed E-state index contributed by atoms with van der Waals surface area (Å²) in [5, 5.41) is 11.8. The van der Waals surface area contributed by atoms with E-state index in [4.69, 9.17) is 0 Å². The average Bonchev–Trinajstić information content (AvgIpc) is 3.72. The van der Waals surface area contributed by atoms with Crippen molar-refractivity contribution in [3.63, 3.8) is 0 Å². The summed E-state index contributed by atoms with van der Waals surface area (Å²) in [6.45, 7) is 6.06. The number of amides is 2. The molecule has 0 saturated carbocycles. The first-order valence-corrected chi connectivity index (χ1v) is 15.1. The molecular formula is C35H41N7O2. The number of imidazole rings is 1. The van der Waals surface area contributed by atoms with Crippen LogP contribution in [-0.4, -0.2) is 46.4 Å². The Morgan fingerprint density at radius 3 is 2.45 bits per heavy atom. The van der Waals surface area contributed by atoms with E-state index in [9.17, 15) is 9.59 Å². The maximum absolute atomic E-state index is 13.7. The fraction of sp³-hybridized carbons (Fsp3) is 0.286. The summed E-state index contributed by atoms with van der Waals surface area (Å²) >= 11 is 0. The van der Waals surface area contributed by atoms with Gasteiger partial charge in [0.05, 0.1) is 12.6 Å². The van der Waals surface area contributed by atoms with Gasteiger partial charge < -0.3 is 30.8 Å². The summed E-state index contributed by atoms with van der Waals surface area (Å²) in [7, 11) is 2.03. The Balaban J connectivity index is 1.24. The second-order valence-electron chi connectivity index (χ2n) is 11.2. The highest BCUT2D eigenvalue weighted by Crippen LogP contribution is 2.24. The van der Waals surface area contributed by atoms with Gasteiger partial charge in [0.25, 0.3) is 5.91 Å². The van der Waals surface area contributed by atoms with Crippen molar-refractivity contribution in [2.75, 3.05) is 18.5 Å². The van der Waals surface area contributed by atoms with Gasteiger partial charge in [-0.05, 0) is 72.4 Å². The minimum Gasteiger partial charge on any atom is -0.361 e. The highest BCUT2D eigenvalue weighted by molar-refractivity contribution is 5.97. The van der Waals surface area contributed by atoms with E-state index >= 15 is 0 Å². The van der Waals surface area contributed by atoms with Crippen LogP contribution < -0.4 is 20.9 Å². The van der Waals surface area contributed by atoms with Crippen LogP contribution in [0.5, 0.6) is 0 Å². The fourth-order valence-electron chi connectivity index (χ4n) is 5.52. The number of fused-ring (bicyclic) bond motifs is 1. The van der Waals surface area contributed by atoms with E-state index < -0.39 is 6.04 Å². The zero-order valence-corrected chi connectivity index (χ0v) is 25.6. The van der Waals surface area contributed by atoms with Gasteiger partial charge >= 0.3 is 0 Å². The molecule has 2 atom stereocenters. The number of carbonyl (C=O) groups excluding carboxylic acids is 2. The van der Waals surface area contributed by atoms with Crippen LogP contribution in [0.1, 0.15) is 58.7 Å². The van der Waals surface area contributed by atoms with E-state index in [0.29, 0.717) is 25.1 Å². The Morgan fingerprint density at radius 2 is 1.70 bits per heavy atom. The summed E-state index contributed by atoms with van der Waals surface area (Å²) in [4.78, 5) is 39.8. The van der Waals surface area contributed by atoms with Crippen molar-refractivity contribution >= 4 is 28.4 Å². The van der Waals surface area contributed by atoms with E-state index in [1.165, 1.54) is 5.56 Å². The molecule has 0 aliphatic rings. The van der Waals surface area contributed by atoms with E-state index in [1.807, 2.05) is 62.6 Å². The largest absolute Gasteiger partial charge is 0.361 e. The molecule has 5 aromatic rings. The Morgan fingerprint density at radius 1 is 0.909 bits per heavy atom. The number of hydrogen-bond acceptors (Lipinski definition) is 5. The number of rotatable bonds is 14. The number of nitrogens with one attached hydrogen (secondary N) is 5. The number of carbonyl (C=O) groups is 2. The molecular weight excluding hydrogens is 550 g/mol. The monoisotopic (exact) mass is 591 g/mol. The minimum absolute atomic E-state index is 0.198. The van der Waals surface area contributed by atoms with Gasteiger partial charge in [-0.15, -0.1) is 0 Å². The lowest BCUT2D eigenvalue weighted by Gasteiger charge is -2.24. The van der Waals surface area contributed by atoms with Crippen molar-refractivity contribution in [1.82, 2.24) is 30.9 Å². The van der Waals surface area contributed by atoms with Gasteiger partial charge in [0, 0.05) is 44.3 Å². The second-order valence-corrected chi connectivity index (χ2v) is 11.2. The van der Waals surface area contributed by atoms with Crippen molar-refractivity contribution in [2.24, 2.45) is 0 Å². The Hall–Kier alpha value is -4.89. The quantitative estimate of drug-likeness (QED) is 0.119. The predicted octanol–water partition coefficient (Wildman–Crippen LogP) is 5.38. The molecule has 5 rings (SSSR count). The van der Waals surface area contributed by atoms with Crippen molar-refractivity contribution in [3.05, 3.63) is 119 Å². The number of anilines is 1. The normalized spacial score (nSPS) is 12.5. The molecule has 0 bridgehead atoms. The van der Waals surface area contributed by atoms with Gasteiger partial charge in [0.15, 0.2) is 0 Å². The third-order valence-corrected chi connectivity index (χ3v) is 7.96. The highest BCUT2D eigenvalue weighted by atomic mass is 16.2. The number of aryl methyl sites for hydroxylation is 1. The lowest BCUT2D eigenvalue weighted by atomic mass is 9.99. The highest BCUT2D eigenvalue weighted by Gasteiger charge is 2.24. The molecule has 9 nitrogen and oxygen atoms in total. The lowest BCUT2D eigenvalue weighted by Crippen LogP contribution is -2.47. The molecule has 0 spiro atoms. The summed E-state index contributed by atoms with van der Waals surface area (Å²) in [5.74, 6) is 1.45. The van der Waals surface area contributed by atoms with Gasteiger partial charge in [-0.1, -0.05) is 54.6 Å². The van der Waals surface area contributed by atoms with Crippen LogP contribution >= 0.6 is 0 Å². The molecule has 3 aromatic carbocycles. The molecule has 2 aromatic heterocycles. The molecule has 0 aliphatic carbocycles. The molecule has 1 unspecified atom stereocenters. The molecule has 0 radical (unpaired) electrons. The average molecular weight is 592 g/mol. The maximum Gasteiger partial charge on any atom is 0.251 e. The first-order valence-electron chi connectivity index (χ1n) is 15.1. The summed E-state index contributed by atoms with van der Waals surface area (Å²) in [5.41, 5.74) is 3.77. The molecule has 0 aliphatic heterocycles. The maximum atomic E-state index is 13.7. The second kappa shape index (κ2) is 14.5. The first-order chi connectivity index (χ1) is 21.4. The smallest absolute Gasteiger partial charge is 0.251 e. The van der Waals surface area contributed by atoms with Crippen molar-refractivity contribution in [3.8, 4) is 0 Å². The van der Waals surface area contributed by atoms with E-state index in [0.717, 1.165) is 46.5 Å². The molecule has 2 heterocycles. The van der Waals surface area contributed by atoms with Crippen LogP contribution in [0.3, 0.4) is 0 Å². The molecule has 0 saturated heterocycles. The number of H-pyrrole nitrogens is 2. The van der Waals surface area contributed by atoms with Gasteiger partial charge in [-0.2, -0.15) is 0 Å². The number of aromatic nitrogens is 3. The minimum atomic E-state index is -0.687. The Bertz CT molecular complexity index is 1660. The van der Waals surface area contributed by atoms with Crippen LogP contribution in [0.4, 0.5) is 5.82 Å². The van der Waals surface area contributed by atoms with Crippen LogP contribution in [0.15, 0.2) is 91.4 Å². The third kappa shape index (κ3) is 7.73. The molecule has 9 heteroatoms. The van der Waals surface area contributed by atoms with Crippen molar-refractivity contribution in [1.29, 1.82) is 0 Å². The number of aromatic amines is 2. The molecule has 2 amide bonds. The zero-order valence-electron chi connectivity index (χ0n) is 25.6.